The first-order valence-corrected chi connectivity index (χ1v) is 6.96. The van der Waals surface area contributed by atoms with E-state index in [9.17, 15) is 19.4 Å². The Kier molecular flexibility index (Phi) is 3.48. The van der Waals surface area contributed by atoms with Gasteiger partial charge in [-0.2, -0.15) is 0 Å². The number of aliphatic hydroxyl groups excluding tert-OH is 1. The van der Waals surface area contributed by atoms with Crippen LogP contribution in [0.25, 0.3) is 0 Å². The largest absolute Gasteiger partial charge is 0.507 e. The predicted octanol–water partition coefficient (Wildman–Crippen LogP) is 1.42. The highest BCUT2D eigenvalue weighted by Gasteiger charge is 2.42. The number of phenols is 1. The number of rotatable bonds is 3. The first kappa shape index (κ1) is 13.5. The van der Waals surface area contributed by atoms with Crippen molar-refractivity contribution in [1.82, 2.24) is 4.90 Å². The average molecular weight is 279 g/mol. The van der Waals surface area contributed by atoms with Crippen LogP contribution >= 0.6 is 0 Å². The molecule has 1 aromatic rings. The zero-order chi connectivity index (χ0) is 14.3. The summed E-state index contributed by atoms with van der Waals surface area (Å²) < 4.78 is 13.2. The van der Waals surface area contributed by atoms with E-state index in [4.69, 9.17) is 0 Å². The van der Waals surface area contributed by atoms with Gasteiger partial charge < -0.3 is 10.2 Å². The summed E-state index contributed by atoms with van der Waals surface area (Å²) in [5.41, 5.74) is 0.0302. The summed E-state index contributed by atoms with van der Waals surface area (Å²) in [6.45, 7) is 1.66. The molecule has 0 radical (unpaired) electrons. The number of carbonyl (C=O) groups excluding carboxylic acids is 1. The number of carbonyl (C=O) groups is 1. The van der Waals surface area contributed by atoms with E-state index in [-0.39, 0.29) is 35.7 Å². The number of nitrogens with zero attached hydrogens (tertiary/aromatic N) is 1. The number of hydrogen-bond acceptors (Lipinski definition) is 4. The third-order valence-electron chi connectivity index (χ3n) is 4.52. The quantitative estimate of drug-likeness (QED) is 0.821. The van der Waals surface area contributed by atoms with Gasteiger partial charge in [0.1, 0.15) is 11.6 Å². The summed E-state index contributed by atoms with van der Waals surface area (Å²) in [4.78, 5) is 14.1. The molecule has 1 saturated carbocycles. The number of benzene rings is 1. The minimum Gasteiger partial charge on any atom is -0.507 e. The first-order chi connectivity index (χ1) is 9.54. The predicted molar refractivity (Wildman–Crippen MR) is 71.1 cm³/mol. The third-order valence-corrected chi connectivity index (χ3v) is 4.52. The Morgan fingerprint density at radius 2 is 2.15 bits per heavy atom. The minimum absolute atomic E-state index is 0.0302. The molecule has 3 rings (SSSR count). The molecule has 4 nitrogen and oxygen atoms in total. The standard InChI is InChI=1S/C15H18FNO3/c16-10-2-4-13(18)11(5-10)15(20)8-17-6-9-1-3-14(19)12(9)7-17/h2,4-5,9,12,14,18-19H,1,3,6-8H2. The Labute approximate surface area is 116 Å². The summed E-state index contributed by atoms with van der Waals surface area (Å²) in [6, 6.07) is 3.40. The lowest BCUT2D eigenvalue weighted by atomic mass is 10.00. The Bertz CT molecular complexity index is 534. The number of ketones is 1. The second kappa shape index (κ2) is 5.14. The Hall–Kier alpha value is -1.46. The molecule has 1 aromatic carbocycles. The van der Waals surface area contributed by atoms with Crippen LogP contribution < -0.4 is 0 Å². The Morgan fingerprint density at radius 1 is 1.35 bits per heavy atom. The topological polar surface area (TPSA) is 60.8 Å². The fourth-order valence-electron chi connectivity index (χ4n) is 3.48. The minimum atomic E-state index is -0.528. The lowest BCUT2D eigenvalue weighted by molar-refractivity contribution is 0.0917. The number of likely N-dealkylation sites (tertiary alicyclic amines) is 1. The van der Waals surface area contributed by atoms with E-state index in [1.165, 1.54) is 6.07 Å². The second-order valence-electron chi connectivity index (χ2n) is 5.85. The summed E-state index contributed by atoms with van der Waals surface area (Å²) >= 11 is 0. The molecule has 1 saturated heterocycles. The van der Waals surface area contributed by atoms with Gasteiger partial charge in [0.05, 0.1) is 18.2 Å². The average Bonchev–Trinajstić information content (AvgIpc) is 2.95. The summed E-state index contributed by atoms with van der Waals surface area (Å²) in [7, 11) is 0. The van der Waals surface area contributed by atoms with Gasteiger partial charge in [-0.1, -0.05) is 0 Å². The zero-order valence-electron chi connectivity index (χ0n) is 11.1. The van der Waals surface area contributed by atoms with Gasteiger partial charge in [0.25, 0.3) is 0 Å². The van der Waals surface area contributed by atoms with Crippen molar-refractivity contribution in [3.63, 3.8) is 0 Å². The van der Waals surface area contributed by atoms with Crippen molar-refractivity contribution in [3.05, 3.63) is 29.6 Å². The molecule has 0 spiro atoms. The smallest absolute Gasteiger partial charge is 0.180 e. The summed E-state index contributed by atoms with van der Waals surface area (Å²) in [5.74, 6) is -0.282. The van der Waals surface area contributed by atoms with Gasteiger partial charge >= 0.3 is 0 Å². The molecule has 2 fully saturated rings. The molecule has 0 bridgehead atoms. The van der Waals surface area contributed by atoms with Crippen LogP contribution in [0.1, 0.15) is 23.2 Å². The zero-order valence-corrected chi connectivity index (χ0v) is 11.1. The number of hydrogen-bond donors (Lipinski definition) is 2. The molecule has 5 heteroatoms. The number of aliphatic hydroxyl groups is 1. The van der Waals surface area contributed by atoms with Gasteiger partial charge in [-0.15, -0.1) is 0 Å². The first-order valence-electron chi connectivity index (χ1n) is 6.96. The van der Waals surface area contributed by atoms with E-state index < -0.39 is 5.82 Å². The number of halogens is 1. The number of fused-ring (bicyclic) bond motifs is 1. The molecule has 2 aliphatic rings. The molecule has 2 N–H and O–H groups in total. The monoisotopic (exact) mass is 279 g/mol. The number of aromatic hydroxyl groups is 1. The highest BCUT2D eigenvalue weighted by molar-refractivity contribution is 6.00. The van der Waals surface area contributed by atoms with Crippen molar-refractivity contribution >= 4 is 5.78 Å². The van der Waals surface area contributed by atoms with Crippen molar-refractivity contribution in [3.8, 4) is 5.75 Å². The van der Waals surface area contributed by atoms with Crippen LogP contribution in [0.2, 0.25) is 0 Å². The van der Waals surface area contributed by atoms with Gasteiger partial charge in [-0.3, -0.25) is 9.69 Å². The van der Waals surface area contributed by atoms with Gasteiger partial charge in [-0.25, -0.2) is 4.39 Å². The molecule has 3 atom stereocenters. The maximum absolute atomic E-state index is 13.2. The van der Waals surface area contributed by atoms with Crippen LogP contribution in [0.3, 0.4) is 0 Å². The van der Waals surface area contributed by atoms with Gasteiger partial charge in [0, 0.05) is 19.0 Å². The van der Waals surface area contributed by atoms with Crippen molar-refractivity contribution in [2.75, 3.05) is 19.6 Å². The molecular weight excluding hydrogens is 261 g/mol. The lowest BCUT2D eigenvalue weighted by Crippen LogP contribution is -2.30. The Morgan fingerprint density at radius 3 is 2.90 bits per heavy atom. The van der Waals surface area contributed by atoms with Crippen LogP contribution in [0.15, 0.2) is 18.2 Å². The molecule has 0 amide bonds. The molecule has 3 unspecified atom stereocenters. The van der Waals surface area contributed by atoms with E-state index >= 15 is 0 Å². The van der Waals surface area contributed by atoms with E-state index in [1.54, 1.807) is 0 Å². The fraction of sp³-hybridized carbons (Fsp3) is 0.533. The number of Topliss-reactive ketones (excluding diaryl/α,β-unsaturated/α-hetero) is 1. The summed E-state index contributed by atoms with van der Waals surface area (Å²) in [5, 5.41) is 19.5. The van der Waals surface area contributed by atoms with Crippen LogP contribution in [-0.2, 0) is 0 Å². The molecule has 1 aliphatic carbocycles. The van der Waals surface area contributed by atoms with E-state index in [2.05, 4.69) is 0 Å². The highest BCUT2D eigenvalue weighted by Crippen LogP contribution is 2.38. The van der Waals surface area contributed by atoms with Crippen LogP contribution in [0, 0.1) is 17.7 Å². The normalized spacial score (nSPS) is 29.6. The van der Waals surface area contributed by atoms with Gasteiger partial charge in [0.2, 0.25) is 0 Å². The van der Waals surface area contributed by atoms with E-state index in [0.29, 0.717) is 12.5 Å². The van der Waals surface area contributed by atoms with Gasteiger partial charge in [-0.05, 0) is 37.0 Å². The Balaban J connectivity index is 1.67. The third kappa shape index (κ3) is 2.43. The highest BCUT2D eigenvalue weighted by atomic mass is 19.1. The van der Waals surface area contributed by atoms with Gasteiger partial charge in [0.15, 0.2) is 5.78 Å². The number of phenolic OH excluding ortho intramolecular Hbond substituents is 1. The lowest BCUT2D eigenvalue weighted by Gasteiger charge is -2.17. The molecule has 108 valence electrons. The van der Waals surface area contributed by atoms with Crippen molar-refractivity contribution in [2.45, 2.75) is 18.9 Å². The molecule has 20 heavy (non-hydrogen) atoms. The van der Waals surface area contributed by atoms with Crippen LogP contribution in [-0.4, -0.2) is 46.6 Å². The second-order valence-corrected chi connectivity index (χ2v) is 5.85. The van der Waals surface area contributed by atoms with Crippen molar-refractivity contribution in [1.29, 1.82) is 0 Å². The van der Waals surface area contributed by atoms with Crippen molar-refractivity contribution in [2.24, 2.45) is 11.8 Å². The van der Waals surface area contributed by atoms with Crippen molar-refractivity contribution < 1.29 is 19.4 Å². The molecular formula is C15H18FNO3. The van der Waals surface area contributed by atoms with E-state index in [1.807, 2.05) is 4.90 Å². The summed E-state index contributed by atoms with van der Waals surface area (Å²) in [6.07, 6.45) is 1.59. The molecule has 0 aromatic heterocycles. The molecule has 1 aliphatic heterocycles. The van der Waals surface area contributed by atoms with Crippen LogP contribution in [0.4, 0.5) is 4.39 Å². The van der Waals surface area contributed by atoms with E-state index in [0.717, 1.165) is 31.5 Å². The van der Waals surface area contributed by atoms with Crippen LogP contribution in [0.5, 0.6) is 5.75 Å². The SMILES string of the molecule is O=C(CN1CC2CCC(O)C2C1)c1cc(F)ccc1O. The molecule has 1 heterocycles. The fourth-order valence-corrected chi connectivity index (χ4v) is 3.48. The maximum Gasteiger partial charge on any atom is 0.180 e. The maximum atomic E-state index is 13.2.